The first-order chi connectivity index (χ1) is 7.83. The third kappa shape index (κ3) is 3.65. The van der Waals surface area contributed by atoms with E-state index in [1.807, 2.05) is 0 Å². The summed E-state index contributed by atoms with van der Waals surface area (Å²) in [4.78, 5) is 9.99. The van der Waals surface area contributed by atoms with E-state index in [2.05, 4.69) is 0 Å². The molecule has 17 heavy (non-hydrogen) atoms. The molecular weight excluding hydrogens is 244 g/mol. The van der Waals surface area contributed by atoms with Crippen LogP contribution >= 0.6 is 0 Å². The van der Waals surface area contributed by atoms with Gasteiger partial charge in [-0.25, -0.2) is 12.7 Å². The topological polar surface area (TPSA) is 80.5 Å². The number of non-ortho nitro benzene ring substituents is 1. The van der Waals surface area contributed by atoms with E-state index < -0.39 is 14.9 Å². The van der Waals surface area contributed by atoms with Crippen LogP contribution in [-0.4, -0.2) is 31.7 Å². The summed E-state index contributed by atoms with van der Waals surface area (Å²) in [6.45, 7) is 0. The standard InChI is InChI=1S/C10H12N2O4S/c1-11(2)17(15,16)7-6-9-4-3-5-10(8-9)12(13)14/h3-8H,1-2H3. The molecule has 0 amide bonds. The van der Waals surface area contributed by atoms with Crippen LogP contribution in [0.2, 0.25) is 0 Å². The Morgan fingerprint density at radius 3 is 2.53 bits per heavy atom. The van der Waals surface area contributed by atoms with Gasteiger partial charge in [0.15, 0.2) is 0 Å². The Hall–Kier alpha value is -1.73. The van der Waals surface area contributed by atoms with E-state index in [0.29, 0.717) is 5.56 Å². The van der Waals surface area contributed by atoms with Crippen LogP contribution in [0.4, 0.5) is 5.69 Å². The Balaban J connectivity index is 3.01. The first-order valence-electron chi connectivity index (χ1n) is 4.68. The minimum absolute atomic E-state index is 0.0746. The molecule has 0 heterocycles. The number of nitrogens with zero attached hydrogens (tertiary/aromatic N) is 2. The lowest BCUT2D eigenvalue weighted by molar-refractivity contribution is -0.384. The van der Waals surface area contributed by atoms with E-state index in [-0.39, 0.29) is 5.69 Å². The highest BCUT2D eigenvalue weighted by atomic mass is 32.2. The summed E-state index contributed by atoms with van der Waals surface area (Å²) in [5.41, 5.74) is 0.388. The van der Waals surface area contributed by atoms with Gasteiger partial charge in [-0.15, -0.1) is 0 Å². The molecule has 0 saturated carbocycles. The Bertz CT molecular complexity index is 549. The molecule has 1 aromatic carbocycles. The highest BCUT2D eigenvalue weighted by Crippen LogP contribution is 2.14. The van der Waals surface area contributed by atoms with Gasteiger partial charge in [0, 0.05) is 31.6 Å². The third-order valence-electron chi connectivity index (χ3n) is 2.02. The molecule has 0 radical (unpaired) electrons. The van der Waals surface area contributed by atoms with Crippen LogP contribution in [0.25, 0.3) is 6.08 Å². The SMILES string of the molecule is CN(C)S(=O)(=O)C=Cc1cccc([N+](=O)[O-])c1. The van der Waals surface area contributed by atoms with Crippen molar-refractivity contribution in [3.63, 3.8) is 0 Å². The molecule has 0 saturated heterocycles. The summed E-state index contributed by atoms with van der Waals surface area (Å²) < 4.78 is 23.9. The zero-order chi connectivity index (χ0) is 13.1. The summed E-state index contributed by atoms with van der Waals surface area (Å²) in [7, 11) is -0.627. The second-order valence-corrected chi connectivity index (χ2v) is 5.51. The number of rotatable bonds is 4. The molecule has 7 heteroatoms. The van der Waals surface area contributed by atoms with Crippen LogP contribution < -0.4 is 0 Å². The quantitative estimate of drug-likeness (QED) is 0.603. The Labute approximate surface area is 99.4 Å². The van der Waals surface area contributed by atoms with Crippen molar-refractivity contribution in [2.75, 3.05) is 14.1 Å². The normalized spacial score (nSPS) is 12.2. The fourth-order valence-corrected chi connectivity index (χ4v) is 1.60. The van der Waals surface area contributed by atoms with Gasteiger partial charge in [0.25, 0.3) is 5.69 Å². The number of nitro groups is 1. The van der Waals surface area contributed by atoms with Crippen LogP contribution in [0.15, 0.2) is 29.7 Å². The summed E-state index contributed by atoms with van der Waals surface area (Å²) in [5.74, 6) is 0. The fourth-order valence-electron chi connectivity index (χ4n) is 1.03. The van der Waals surface area contributed by atoms with Crippen molar-refractivity contribution in [2.45, 2.75) is 0 Å². The molecule has 0 unspecified atom stereocenters. The second-order valence-electron chi connectivity index (χ2n) is 3.48. The van der Waals surface area contributed by atoms with E-state index >= 15 is 0 Å². The van der Waals surface area contributed by atoms with Gasteiger partial charge >= 0.3 is 0 Å². The summed E-state index contributed by atoms with van der Waals surface area (Å²) >= 11 is 0. The van der Waals surface area contributed by atoms with Gasteiger partial charge in [0.2, 0.25) is 10.0 Å². The monoisotopic (exact) mass is 256 g/mol. The number of hydrogen-bond acceptors (Lipinski definition) is 4. The van der Waals surface area contributed by atoms with Crippen molar-refractivity contribution >= 4 is 21.8 Å². The van der Waals surface area contributed by atoms with Gasteiger partial charge in [-0.2, -0.15) is 0 Å². The van der Waals surface area contributed by atoms with Gasteiger partial charge in [-0.3, -0.25) is 10.1 Å². The first kappa shape index (κ1) is 13.3. The minimum Gasteiger partial charge on any atom is -0.258 e. The molecule has 0 aliphatic heterocycles. The number of benzene rings is 1. The van der Waals surface area contributed by atoms with Gasteiger partial charge in [0.1, 0.15) is 0 Å². The van der Waals surface area contributed by atoms with Crippen LogP contribution in [-0.2, 0) is 10.0 Å². The summed E-state index contributed by atoms with van der Waals surface area (Å²) in [5, 5.41) is 11.5. The molecule has 0 aromatic heterocycles. The van der Waals surface area contributed by atoms with E-state index in [1.54, 1.807) is 6.07 Å². The summed E-state index contributed by atoms with van der Waals surface area (Å²) in [6, 6.07) is 5.74. The average molecular weight is 256 g/mol. The zero-order valence-electron chi connectivity index (χ0n) is 9.40. The van der Waals surface area contributed by atoms with E-state index in [4.69, 9.17) is 0 Å². The lowest BCUT2D eigenvalue weighted by Crippen LogP contribution is -2.19. The predicted molar refractivity (Wildman–Crippen MR) is 64.7 cm³/mol. The maximum Gasteiger partial charge on any atom is 0.270 e. The fraction of sp³-hybridized carbons (Fsp3) is 0.200. The molecule has 6 nitrogen and oxygen atoms in total. The largest absolute Gasteiger partial charge is 0.270 e. The molecule has 0 fully saturated rings. The van der Waals surface area contributed by atoms with Crippen molar-refractivity contribution in [3.8, 4) is 0 Å². The maximum absolute atomic E-state index is 11.4. The maximum atomic E-state index is 11.4. The lowest BCUT2D eigenvalue weighted by atomic mass is 10.2. The van der Waals surface area contributed by atoms with Crippen molar-refractivity contribution in [2.24, 2.45) is 0 Å². The van der Waals surface area contributed by atoms with Crippen LogP contribution in [0.3, 0.4) is 0 Å². The number of hydrogen-bond donors (Lipinski definition) is 0. The molecule has 1 rings (SSSR count). The molecule has 0 spiro atoms. The minimum atomic E-state index is -3.45. The van der Waals surface area contributed by atoms with Gasteiger partial charge < -0.3 is 0 Å². The smallest absolute Gasteiger partial charge is 0.258 e. The van der Waals surface area contributed by atoms with Crippen molar-refractivity contribution in [3.05, 3.63) is 45.4 Å². The van der Waals surface area contributed by atoms with Crippen molar-refractivity contribution in [1.82, 2.24) is 4.31 Å². The van der Waals surface area contributed by atoms with Gasteiger partial charge in [0.05, 0.1) is 4.92 Å². The third-order valence-corrected chi connectivity index (χ3v) is 3.52. The summed E-state index contributed by atoms with van der Waals surface area (Å²) in [6.07, 6.45) is 1.32. The second kappa shape index (κ2) is 5.07. The Morgan fingerprint density at radius 1 is 1.35 bits per heavy atom. The number of sulfonamides is 1. The highest BCUT2D eigenvalue weighted by molar-refractivity contribution is 7.92. The molecule has 0 aliphatic rings. The zero-order valence-corrected chi connectivity index (χ0v) is 10.2. The molecule has 92 valence electrons. The average Bonchev–Trinajstić information content (AvgIpc) is 2.26. The van der Waals surface area contributed by atoms with Crippen LogP contribution in [0, 0.1) is 10.1 Å². The molecule has 0 atom stereocenters. The molecule has 0 aliphatic carbocycles. The first-order valence-corrected chi connectivity index (χ1v) is 6.18. The molecule has 1 aromatic rings. The van der Waals surface area contributed by atoms with Gasteiger partial charge in [-0.05, 0) is 11.6 Å². The van der Waals surface area contributed by atoms with Crippen molar-refractivity contribution < 1.29 is 13.3 Å². The lowest BCUT2D eigenvalue weighted by Gasteiger charge is -2.05. The number of nitro benzene ring substituents is 1. The molecule has 0 bridgehead atoms. The Kier molecular flexibility index (Phi) is 3.97. The highest BCUT2D eigenvalue weighted by Gasteiger charge is 2.08. The molecule has 0 N–H and O–H groups in total. The van der Waals surface area contributed by atoms with E-state index in [0.717, 1.165) is 9.71 Å². The van der Waals surface area contributed by atoms with Gasteiger partial charge in [-0.1, -0.05) is 12.1 Å². The predicted octanol–water partition coefficient (Wildman–Crippen LogP) is 1.46. The van der Waals surface area contributed by atoms with Crippen LogP contribution in [0.1, 0.15) is 5.56 Å². The van der Waals surface area contributed by atoms with E-state index in [1.165, 1.54) is 38.4 Å². The van der Waals surface area contributed by atoms with Crippen LogP contribution in [0.5, 0.6) is 0 Å². The van der Waals surface area contributed by atoms with Crippen molar-refractivity contribution in [1.29, 1.82) is 0 Å². The molecular formula is C10H12N2O4S. The Morgan fingerprint density at radius 2 is 2.00 bits per heavy atom. The van der Waals surface area contributed by atoms with E-state index in [9.17, 15) is 18.5 Å².